The van der Waals surface area contributed by atoms with Crippen molar-refractivity contribution in [2.45, 2.75) is 144 Å². The van der Waals surface area contributed by atoms with Gasteiger partial charge in [0.1, 0.15) is 11.5 Å². The minimum Gasteiger partial charge on any atom is -0.545 e. The predicted octanol–water partition coefficient (Wildman–Crippen LogP) is 18.2. The van der Waals surface area contributed by atoms with Crippen LogP contribution in [0, 0.1) is 0 Å². The molecule has 5 nitrogen and oxygen atoms in total. The van der Waals surface area contributed by atoms with Crippen LogP contribution in [-0.4, -0.2) is 41.5 Å². The van der Waals surface area contributed by atoms with E-state index in [1.165, 1.54) is 34.2 Å². The Morgan fingerprint density at radius 3 is 1.65 bits per heavy atom. The largest absolute Gasteiger partial charge is 1.00 e. The molecule has 0 bridgehead atoms. The summed E-state index contributed by atoms with van der Waals surface area (Å²) in [7, 11) is 0. The van der Waals surface area contributed by atoms with Gasteiger partial charge in [0, 0.05) is 40.6 Å². The molecule has 4 atom stereocenters. The molecule has 1 radical (unpaired) electrons. The molecule has 1 fully saturated rings. The number of aryl methyl sites for hydroxylation is 2. The molecule has 11 rings (SSSR count). The van der Waals surface area contributed by atoms with Crippen LogP contribution in [-0.2, 0) is 43.5 Å². The fourth-order valence-electron chi connectivity index (χ4n) is 11.4. The minimum atomic E-state index is -0.0570. The molecule has 0 aromatic heterocycles. The van der Waals surface area contributed by atoms with Crippen molar-refractivity contribution in [1.82, 2.24) is 0 Å². The summed E-state index contributed by atoms with van der Waals surface area (Å²) in [6, 6.07) is 55.9. The summed E-state index contributed by atoms with van der Waals surface area (Å²) < 4.78 is 0. The van der Waals surface area contributed by atoms with Gasteiger partial charge in [-0.2, -0.15) is 0 Å². The van der Waals surface area contributed by atoms with Crippen LogP contribution in [0.1, 0.15) is 157 Å². The van der Waals surface area contributed by atoms with E-state index < -0.39 is 0 Å². The Labute approximate surface area is 462 Å². The van der Waals surface area contributed by atoms with Crippen molar-refractivity contribution in [3.63, 3.8) is 0 Å². The maximum Gasteiger partial charge on any atom is 1.00 e. The number of carbonyl (C=O) groups excluding carboxylic acids is 1. The molecule has 1 saturated carbocycles. The van der Waals surface area contributed by atoms with Crippen molar-refractivity contribution in [2.75, 3.05) is 0 Å². The van der Waals surface area contributed by atoms with E-state index in [1.807, 2.05) is 67.8 Å². The second-order valence-electron chi connectivity index (χ2n) is 18.3. The number of aliphatic imine (C=N–C) groups is 2. The Balaban J connectivity index is 0.000000895. The Bertz CT molecular complexity index is 3090. The molecule has 391 valence electrons. The number of nitrogens with zero attached hydrogens (tertiary/aromatic N) is 2. The quantitative estimate of drug-likeness (QED) is 0.0688. The standard InChI is InChI=1S/C60H54N2O2.4C2H6.CHO.Ru/c63-59-45(35-43-23-9-13-27-49(43)57(59)55-47-25-11-7-21-41(47)31-33-51(55)39-17-3-1-4-18-39)37-61-53-29-15-16-30-54(53)62-38-46-36-44-24-10-14-28-50(44)58(60(46)64)56-48-26-12-8-22-42(48)32-34-52(56)40-19-5-2-6-20-40;5*1-2;/h1-7,9-11,13-14,17-21,23-25,27-28,32,34-38,51,53-55,63-64H,8,12,15-16,22,26,29-31,33H2;4*1-2H3;1H;/q;;;;;-1;+1/t51-,53+,54+,55-;;;;;;/m0....../s1. The third-order valence-corrected chi connectivity index (χ3v) is 14.6. The average Bonchev–Trinajstić information content (AvgIpc) is 3.49. The summed E-state index contributed by atoms with van der Waals surface area (Å²) >= 11 is 0. The number of rotatable bonds is 8. The molecule has 2 N–H and O–H groups in total. The summed E-state index contributed by atoms with van der Waals surface area (Å²) in [5, 5.41) is 29.4. The molecule has 75 heavy (non-hydrogen) atoms. The van der Waals surface area contributed by atoms with Gasteiger partial charge in [0.15, 0.2) is 0 Å². The molecule has 8 aromatic carbocycles. The van der Waals surface area contributed by atoms with E-state index in [0.29, 0.717) is 5.75 Å². The molecule has 8 aromatic rings. The van der Waals surface area contributed by atoms with Crippen molar-refractivity contribution < 1.29 is 34.5 Å². The van der Waals surface area contributed by atoms with Crippen LogP contribution >= 0.6 is 0 Å². The van der Waals surface area contributed by atoms with E-state index >= 15 is 0 Å². The van der Waals surface area contributed by atoms with E-state index in [2.05, 4.69) is 165 Å². The van der Waals surface area contributed by atoms with Gasteiger partial charge in [0.05, 0.1) is 12.1 Å². The van der Waals surface area contributed by atoms with Gasteiger partial charge in [-0.3, -0.25) is 16.8 Å². The smallest absolute Gasteiger partial charge is 0.545 e. The summed E-state index contributed by atoms with van der Waals surface area (Å²) in [6.45, 7) is 19.2. The number of benzene rings is 8. The topological polar surface area (TPSA) is 82.2 Å². The third kappa shape index (κ3) is 13.1. The van der Waals surface area contributed by atoms with E-state index in [9.17, 15) is 10.2 Å². The van der Waals surface area contributed by atoms with E-state index in [4.69, 9.17) is 14.8 Å². The van der Waals surface area contributed by atoms with Crippen molar-refractivity contribution in [1.29, 1.82) is 0 Å². The average molecular weight is 1090 g/mol. The molecule has 0 spiro atoms. The molecule has 3 aliphatic rings. The molecule has 6 heteroatoms. The monoisotopic (exact) mass is 1090 g/mol. The Hall–Kier alpha value is -6.49. The SMILES string of the molecule is CC.CC.CC.CC.Oc1c(C=N[C@@H]2CCCC[C@H]2N=Cc2cc3ccccc3c([C@H]3c4ccccc4CC[C@H]3c3ccccc3)c2O)cc2ccccc2c1-c1c(-c2ccccc2)ccc2c1CCCC2.[CH-]=O.[Ru+]. The summed E-state index contributed by atoms with van der Waals surface area (Å²) in [6.07, 6.45) is 14.2. The number of hydrogen-bond donors (Lipinski definition) is 2. The first kappa shape index (κ1) is 59.4. The van der Waals surface area contributed by atoms with Crippen LogP contribution in [0.3, 0.4) is 0 Å². The minimum absolute atomic E-state index is 0. The molecular weight excluding hydrogens is 1010 g/mol. The zero-order valence-electron chi connectivity index (χ0n) is 45.7. The predicted molar refractivity (Wildman–Crippen MR) is 318 cm³/mol. The Morgan fingerprint density at radius 2 is 1.01 bits per heavy atom. The van der Waals surface area contributed by atoms with Crippen molar-refractivity contribution >= 4 is 40.8 Å². The molecule has 0 aliphatic heterocycles. The van der Waals surface area contributed by atoms with Crippen molar-refractivity contribution in [3.05, 3.63) is 202 Å². The third-order valence-electron chi connectivity index (χ3n) is 14.6. The fraction of sp³-hybridized carbons (Fsp3) is 0.319. The van der Waals surface area contributed by atoms with Crippen LogP contribution in [0.4, 0.5) is 0 Å². The van der Waals surface area contributed by atoms with Gasteiger partial charge in [-0.15, -0.1) is 0 Å². The van der Waals surface area contributed by atoms with E-state index in [0.717, 1.165) is 118 Å². The molecule has 0 unspecified atom stereocenters. The zero-order chi connectivity index (χ0) is 53.0. The van der Waals surface area contributed by atoms with Crippen molar-refractivity contribution in [3.8, 4) is 33.8 Å². The van der Waals surface area contributed by atoms with Gasteiger partial charge in [-0.05, 0) is 135 Å². The van der Waals surface area contributed by atoms with Crippen molar-refractivity contribution in [2.24, 2.45) is 9.98 Å². The number of phenols is 2. The Morgan fingerprint density at radius 1 is 0.493 bits per heavy atom. The maximum absolute atomic E-state index is 12.5. The maximum atomic E-state index is 12.5. The van der Waals surface area contributed by atoms with Crippen LogP contribution < -0.4 is 0 Å². The van der Waals surface area contributed by atoms with Gasteiger partial charge in [0.25, 0.3) is 0 Å². The van der Waals surface area contributed by atoms with Gasteiger partial charge < -0.3 is 15.0 Å². The summed E-state index contributed by atoms with van der Waals surface area (Å²) in [5.41, 5.74) is 13.5. The second kappa shape index (κ2) is 30.2. The van der Waals surface area contributed by atoms with Gasteiger partial charge >= 0.3 is 19.5 Å². The number of aromatic hydroxyl groups is 2. The van der Waals surface area contributed by atoms with Gasteiger partial charge in [-0.1, -0.05) is 214 Å². The molecule has 3 aliphatic carbocycles. The summed E-state index contributed by atoms with van der Waals surface area (Å²) in [5.74, 6) is 0.801. The van der Waals surface area contributed by atoms with Crippen LogP contribution in [0.2, 0.25) is 0 Å². The fourth-order valence-corrected chi connectivity index (χ4v) is 11.4. The summed E-state index contributed by atoms with van der Waals surface area (Å²) in [4.78, 5) is 18.3. The molecule has 0 heterocycles. The number of fused-ring (bicyclic) bond motifs is 4. The van der Waals surface area contributed by atoms with Crippen LogP contribution in [0.5, 0.6) is 11.5 Å². The van der Waals surface area contributed by atoms with E-state index in [-0.39, 0.29) is 49.1 Å². The van der Waals surface area contributed by atoms with Crippen LogP contribution in [0.25, 0.3) is 43.8 Å². The van der Waals surface area contributed by atoms with E-state index in [1.54, 1.807) is 0 Å². The molecule has 0 saturated heterocycles. The van der Waals surface area contributed by atoms with Gasteiger partial charge in [0.2, 0.25) is 0 Å². The zero-order valence-corrected chi connectivity index (χ0v) is 47.4. The molecule has 0 amide bonds. The first-order chi connectivity index (χ1) is 36.6. The first-order valence-corrected chi connectivity index (χ1v) is 27.7. The molecular formula is C69H79N2O3Ru. The normalized spacial score (nSPS) is 17.3. The second-order valence-corrected chi connectivity index (χ2v) is 18.3. The van der Waals surface area contributed by atoms with Gasteiger partial charge in [-0.25, -0.2) is 0 Å². The first-order valence-electron chi connectivity index (χ1n) is 27.7. The van der Waals surface area contributed by atoms with Crippen LogP contribution in [0.15, 0.2) is 168 Å². The number of hydrogen-bond acceptors (Lipinski definition) is 5. The Kier molecular flexibility index (Phi) is 23.9. The number of phenolic OH excluding ortho intramolecular Hbond substituents is 2.